The van der Waals surface area contributed by atoms with E-state index < -0.39 is 21.3 Å². The van der Waals surface area contributed by atoms with Crippen molar-refractivity contribution in [1.82, 2.24) is 13.4 Å². The molecule has 0 aliphatic carbocycles. The van der Waals surface area contributed by atoms with E-state index in [0.717, 1.165) is 9.13 Å². The molecule has 1 aromatic heterocycles. The minimum atomic E-state index is -3.88. The van der Waals surface area contributed by atoms with Crippen molar-refractivity contribution < 1.29 is 8.42 Å². The highest BCUT2D eigenvalue weighted by atomic mass is 32.2. The molecule has 0 atom stereocenters. The Labute approximate surface area is 112 Å². The first kappa shape index (κ1) is 15.6. The van der Waals surface area contributed by atoms with Crippen LogP contribution in [0.2, 0.25) is 0 Å². The number of sulfonamides is 1. The Morgan fingerprint density at radius 2 is 1.53 bits per heavy atom. The van der Waals surface area contributed by atoms with Crippen LogP contribution in [0.15, 0.2) is 14.5 Å². The molecule has 108 valence electrons. The standard InChI is InChI=1S/C11H19N3O4S/c1-6-14(7-2)19(17,18)9-8(3)12(4)11(16)13(5)10(9)15/h6-7H2,1-5H3. The van der Waals surface area contributed by atoms with Gasteiger partial charge in [-0.15, -0.1) is 0 Å². The molecule has 7 nitrogen and oxygen atoms in total. The molecule has 8 heteroatoms. The van der Waals surface area contributed by atoms with E-state index in [9.17, 15) is 18.0 Å². The molecule has 0 saturated heterocycles. The van der Waals surface area contributed by atoms with Gasteiger partial charge in [0.15, 0.2) is 4.90 Å². The van der Waals surface area contributed by atoms with Crippen molar-refractivity contribution in [3.63, 3.8) is 0 Å². The average molecular weight is 289 g/mol. The maximum atomic E-state index is 12.4. The summed E-state index contributed by atoms with van der Waals surface area (Å²) in [6, 6.07) is 0. The fourth-order valence-corrected chi connectivity index (χ4v) is 3.71. The summed E-state index contributed by atoms with van der Waals surface area (Å²) in [7, 11) is -1.17. The first-order chi connectivity index (χ1) is 8.69. The molecular weight excluding hydrogens is 270 g/mol. The zero-order valence-corrected chi connectivity index (χ0v) is 12.6. The third-order valence-corrected chi connectivity index (χ3v) is 5.39. The van der Waals surface area contributed by atoms with Gasteiger partial charge in [-0.3, -0.25) is 13.9 Å². The Bertz CT molecular complexity index is 696. The first-order valence-electron chi connectivity index (χ1n) is 5.96. The first-order valence-corrected chi connectivity index (χ1v) is 7.40. The minimum absolute atomic E-state index is 0.153. The number of hydrogen-bond acceptors (Lipinski definition) is 4. The van der Waals surface area contributed by atoms with Gasteiger partial charge in [-0.05, 0) is 6.92 Å². The number of rotatable bonds is 4. The molecule has 0 fully saturated rings. The summed E-state index contributed by atoms with van der Waals surface area (Å²) in [6.07, 6.45) is 0. The van der Waals surface area contributed by atoms with Crippen LogP contribution in [0.4, 0.5) is 0 Å². The number of aromatic nitrogens is 2. The van der Waals surface area contributed by atoms with Gasteiger partial charge in [0.1, 0.15) is 0 Å². The van der Waals surface area contributed by atoms with Gasteiger partial charge in [0, 0.05) is 32.9 Å². The Hall–Kier alpha value is -1.41. The van der Waals surface area contributed by atoms with E-state index in [1.165, 1.54) is 25.3 Å². The van der Waals surface area contributed by atoms with Crippen molar-refractivity contribution in [1.29, 1.82) is 0 Å². The van der Waals surface area contributed by atoms with E-state index in [1.54, 1.807) is 13.8 Å². The third-order valence-electron chi connectivity index (χ3n) is 3.21. The van der Waals surface area contributed by atoms with Gasteiger partial charge in [0.05, 0.1) is 0 Å². The molecule has 0 saturated carbocycles. The molecule has 0 N–H and O–H groups in total. The summed E-state index contributed by atoms with van der Waals surface area (Å²) < 4.78 is 28.1. The van der Waals surface area contributed by atoms with Gasteiger partial charge in [0.2, 0.25) is 10.0 Å². The summed E-state index contributed by atoms with van der Waals surface area (Å²) in [5, 5.41) is 0. The van der Waals surface area contributed by atoms with Crippen LogP contribution in [0.5, 0.6) is 0 Å². The topological polar surface area (TPSA) is 81.4 Å². The lowest BCUT2D eigenvalue weighted by atomic mass is 10.4. The van der Waals surface area contributed by atoms with Crippen LogP contribution in [0.3, 0.4) is 0 Å². The largest absolute Gasteiger partial charge is 0.330 e. The van der Waals surface area contributed by atoms with E-state index >= 15 is 0 Å². The zero-order valence-electron chi connectivity index (χ0n) is 11.8. The summed E-state index contributed by atoms with van der Waals surface area (Å²) in [4.78, 5) is 23.5. The summed E-state index contributed by atoms with van der Waals surface area (Å²) in [6.45, 7) is 5.39. The van der Waals surface area contributed by atoms with Crippen LogP contribution in [0.25, 0.3) is 0 Å². The van der Waals surface area contributed by atoms with Gasteiger partial charge in [-0.25, -0.2) is 13.2 Å². The van der Waals surface area contributed by atoms with Crippen molar-refractivity contribution in [2.45, 2.75) is 25.7 Å². The summed E-state index contributed by atoms with van der Waals surface area (Å²) >= 11 is 0. The molecule has 0 radical (unpaired) electrons. The fraction of sp³-hybridized carbons (Fsp3) is 0.636. The summed E-state index contributed by atoms with van der Waals surface area (Å²) in [5.41, 5.74) is -1.17. The van der Waals surface area contributed by atoms with Crippen LogP contribution in [0.1, 0.15) is 19.5 Å². The molecule has 1 heterocycles. The summed E-state index contributed by atoms with van der Waals surface area (Å²) in [5.74, 6) is 0. The molecule has 0 aliphatic heterocycles. The van der Waals surface area contributed by atoms with Crippen LogP contribution in [0, 0.1) is 6.92 Å². The molecule has 0 amide bonds. The van der Waals surface area contributed by atoms with Crippen molar-refractivity contribution in [3.8, 4) is 0 Å². The van der Waals surface area contributed by atoms with Gasteiger partial charge in [0.25, 0.3) is 5.56 Å². The number of hydrogen-bond donors (Lipinski definition) is 0. The SMILES string of the molecule is CCN(CC)S(=O)(=O)c1c(C)n(C)c(=O)n(C)c1=O. The van der Waals surface area contributed by atoms with Crippen LogP contribution < -0.4 is 11.2 Å². The zero-order chi connectivity index (χ0) is 15.0. The fourth-order valence-electron chi connectivity index (χ4n) is 1.90. The third kappa shape index (κ3) is 2.37. The quantitative estimate of drug-likeness (QED) is 0.743. The van der Waals surface area contributed by atoms with Gasteiger partial charge in [-0.2, -0.15) is 4.31 Å². The minimum Gasteiger partial charge on any atom is -0.300 e. The highest BCUT2D eigenvalue weighted by Crippen LogP contribution is 2.14. The van der Waals surface area contributed by atoms with E-state index in [0.29, 0.717) is 0 Å². The highest BCUT2D eigenvalue weighted by molar-refractivity contribution is 7.89. The molecule has 0 aliphatic rings. The van der Waals surface area contributed by atoms with Crippen LogP contribution in [-0.2, 0) is 24.1 Å². The van der Waals surface area contributed by atoms with Gasteiger partial charge < -0.3 is 0 Å². The maximum absolute atomic E-state index is 12.4. The molecule has 1 rings (SSSR count). The lowest BCUT2D eigenvalue weighted by molar-refractivity contribution is 0.441. The van der Waals surface area contributed by atoms with E-state index in [1.807, 2.05) is 0 Å². The predicted octanol–water partition coefficient (Wildman–Crippen LogP) is -0.577. The molecule has 0 unspecified atom stereocenters. The molecule has 19 heavy (non-hydrogen) atoms. The lowest BCUT2D eigenvalue weighted by Crippen LogP contribution is -2.44. The van der Waals surface area contributed by atoms with Crippen LogP contribution in [-0.4, -0.2) is 34.9 Å². The average Bonchev–Trinajstić information content (AvgIpc) is 2.35. The Balaban J connectivity index is 3.81. The van der Waals surface area contributed by atoms with E-state index in [-0.39, 0.29) is 23.7 Å². The van der Waals surface area contributed by atoms with E-state index in [4.69, 9.17) is 0 Å². The molecule has 1 aromatic rings. The van der Waals surface area contributed by atoms with Crippen LogP contribution >= 0.6 is 0 Å². The van der Waals surface area contributed by atoms with Crippen molar-refractivity contribution >= 4 is 10.0 Å². The Morgan fingerprint density at radius 1 is 1.05 bits per heavy atom. The second kappa shape index (κ2) is 5.30. The van der Waals surface area contributed by atoms with Crippen molar-refractivity contribution in [2.75, 3.05) is 13.1 Å². The second-order valence-corrected chi connectivity index (χ2v) is 6.08. The monoisotopic (exact) mass is 289 g/mol. The Kier molecular flexibility index (Phi) is 4.36. The van der Waals surface area contributed by atoms with E-state index in [2.05, 4.69) is 0 Å². The van der Waals surface area contributed by atoms with Gasteiger partial charge >= 0.3 is 5.69 Å². The Morgan fingerprint density at radius 3 is 1.95 bits per heavy atom. The molecule has 0 aromatic carbocycles. The van der Waals surface area contributed by atoms with Crippen molar-refractivity contribution in [3.05, 3.63) is 26.5 Å². The maximum Gasteiger partial charge on any atom is 0.330 e. The normalized spacial score (nSPS) is 12.1. The lowest BCUT2D eigenvalue weighted by Gasteiger charge is -2.20. The molecule has 0 bridgehead atoms. The second-order valence-electron chi connectivity index (χ2n) is 4.21. The predicted molar refractivity (Wildman–Crippen MR) is 71.8 cm³/mol. The van der Waals surface area contributed by atoms with Gasteiger partial charge in [-0.1, -0.05) is 13.8 Å². The van der Waals surface area contributed by atoms with Crippen molar-refractivity contribution in [2.24, 2.45) is 14.1 Å². The smallest absolute Gasteiger partial charge is 0.300 e. The molecular formula is C11H19N3O4S. The number of nitrogens with zero attached hydrogens (tertiary/aromatic N) is 3. The highest BCUT2D eigenvalue weighted by Gasteiger charge is 2.29. The molecule has 0 spiro atoms.